The van der Waals surface area contributed by atoms with Crippen LogP contribution in [0.15, 0.2) is 36.4 Å². The van der Waals surface area contributed by atoms with Gasteiger partial charge < -0.3 is 14.7 Å². The van der Waals surface area contributed by atoms with Gasteiger partial charge in [0.15, 0.2) is 0 Å². The zero-order valence-electron chi connectivity index (χ0n) is 10.7. The second kappa shape index (κ2) is 5.16. The summed E-state index contributed by atoms with van der Waals surface area (Å²) in [6.07, 6.45) is 4.46. The number of aromatic hydroxyl groups is 1. The fourth-order valence-electron chi connectivity index (χ4n) is 2.04. The summed E-state index contributed by atoms with van der Waals surface area (Å²) < 4.78 is 5.32. The number of benzene rings is 1. The Morgan fingerprint density at radius 3 is 2.95 bits per heavy atom. The molecule has 0 unspecified atom stereocenters. The molecule has 20 heavy (non-hydrogen) atoms. The Morgan fingerprint density at radius 1 is 1.25 bits per heavy atom. The number of ether oxygens (including phenoxy) is 1. The fraction of sp³-hybridized carbons (Fsp3) is 0.214. The largest absolute Gasteiger partial charge is 0.492 e. The van der Waals surface area contributed by atoms with E-state index in [1.54, 1.807) is 23.1 Å². The van der Waals surface area contributed by atoms with Crippen LogP contribution in [0.2, 0.25) is 0 Å². The van der Waals surface area contributed by atoms with Crippen molar-refractivity contribution in [1.82, 2.24) is 15.1 Å². The molecule has 0 spiro atoms. The molecular weight excluding hydrogens is 258 g/mol. The van der Waals surface area contributed by atoms with Gasteiger partial charge in [0, 0.05) is 30.6 Å². The van der Waals surface area contributed by atoms with Crippen LogP contribution in [0, 0.1) is 0 Å². The first kappa shape index (κ1) is 12.4. The van der Waals surface area contributed by atoms with Gasteiger partial charge in [0.05, 0.1) is 5.52 Å². The molecule has 0 radical (unpaired) electrons. The maximum Gasteiger partial charge on any atom is 0.415 e. The van der Waals surface area contributed by atoms with Crippen molar-refractivity contribution < 1.29 is 14.6 Å². The Bertz CT molecular complexity index is 684. The van der Waals surface area contributed by atoms with Gasteiger partial charge in [-0.2, -0.15) is 0 Å². The van der Waals surface area contributed by atoms with Crippen LogP contribution >= 0.6 is 0 Å². The van der Waals surface area contributed by atoms with Gasteiger partial charge in [-0.05, 0) is 18.6 Å². The SMILES string of the molecule is O=C(Oc1ccc2cc(O)nnc2c1)N1CC=CCC1. The summed E-state index contributed by atoms with van der Waals surface area (Å²) in [6.45, 7) is 1.23. The fourth-order valence-corrected chi connectivity index (χ4v) is 2.04. The van der Waals surface area contributed by atoms with Crippen molar-refractivity contribution in [1.29, 1.82) is 0 Å². The summed E-state index contributed by atoms with van der Waals surface area (Å²) in [5.74, 6) is 0.277. The lowest BCUT2D eigenvalue weighted by atomic mass is 10.2. The number of hydrogen-bond acceptors (Lipinski definition) is 5. The van der Waals surface area contributed by atoms with E-state index in [9.17, 15) is 9.90 Å². The average molecular weight is 271 g/mol. The first-order valence-electron chi connectivity index (χ1n) is 6.30. The molecule has 0 atom stereocenters. The molecule has 3 rings (SSSR count). The van der Waals surface area contributed by atoms with Crippen molar-refractivity contribution in [2.75, 3.05) is 13.1 Å². The maximum atomic E-state index is 12.0. The van der Waals surface area contributed by atoms with E-state index < -0.39 is 0 Å². The lowest BCUT2D eigenvalue weighted by molar-refractivity contribution is 0.156. The number of fused-ring (bicyclic) bond motifs is 1. The Labute approximate surface area is 115 Å². The second-order valence-corrected chi connectivity index (χ2v) is 4.50. The highest BCUT2D eigenvalue weighted by molar-refractivity contribution is 5.81. The van der Waals surface area contributed by atoms with Crippen LogP contribution in [0.1, 0.15) is 6.42 Å². The van der Waals surface area contributed by atoms with Crippen molar-refractivity contribution in [3.63, 3.8) is 0 Å². The number of rotatable bonds is 1. The van der Waals surface area contributed by atoms with Gasteiger partial charge in [-0.15, -0.1) is 10.2 Å². The third kappa shape index (κ3) is 2.54. The Hall–Kier alpha value is -2.63. The van der Waals surface area contributed by atoms with Gasteiger partial charge in [-0.1, -0.05) is 12.2 Å². The normalized spacial score (nSPS) is 14.5. The molecule has 1 N–H and O–H groups in total. The van der Waals surface area contributed by atoms with Gasteiger partial charge in [0.2, 0.25) is 5.88 Å². The highest BCUT2D eigenvalue weighted by atomic mass is 16.6. The number of nitrogens with zero attached hydrogens (tertiary/aromatic N) is 3. The highest BCUT2D eigenvalue weighted by Gasteiger charge is 2.16. The minimum Gasteiger partial charge on any atom is -0.492 e. The molecular formula is C14H13N3O3. The van der Waals surface area contributed by atoms with Crippen molar-refractivity contribution in [2.45, 2.75) is 6.42 Å². The van der Waals surface area contributed by atoms with E-state index in [1.807, 2.05) is 12.2 Å². The van der Waals surface area contributed by atoms with Crippen molar-refractivity contribution in [3.8, 4) is 11.6 Å². The quantitative estimate of drug-likeness (QED) is 0.804. The molecule has 2 heterocycles. The standard InChI is InChI=1S/C14H13N3O3/c18-13-8-10-4-5-11(9-12(10)15-16-13)20-14(19)17-6-2-1-3-7-17/h1-2,4-5,8-9H,3,6-7H2,(H,16,18). The third-order valence-electron chi connectivity index (χ3n) is 3.07. The molecule has 1 aliphatic heterocycles. The minimum atomic E-state index is -0.375. The van der Waals surface area contributed by atoms with E-state index in [0.717, 1.165) is 11.8 Å². The zero-order valence-corrected chi connectivity index (χ0v) is 10.7. The topological polar surface area (TPSA) is 75.5 Å². The monoisotopic (exact) mass is 271 g/mol. The zero-order chi connectivity index (χ0) is 13.9. The average Bonchev–Trinajstić information content (AvgIpc) is 2.48. The molecule has 6 nitrogen and oxygen atoms in total. The summed E-state index contributed by atoms with van der Waals surface area (Å²) in [4.78, 5) is 13.6. The van der Waals surface area contributed by atoms with Gasteiger partial charge >= 0.3 is 6.09 Å². The predicted octanol–water partition coefficient (Wildman–Crippen LogP) is 2.10. The summed E-state index contributed by atoms with van der Waals surface area (Å²) in [5.41, 5.74) is 0.562. The van der Waals surface area contributed by atoms with Crippen LogP contribution in [0.4, 0.5) is 4.79 Å². The molecule has 2 aromatic rings. The molecule has 0 fully saturated rings. The Kier molecular flexibility index (Phi) is 3.20. The predicted molar refractivity (Wildman–Crippen MR) is 72.6 cm³/mol. The maximum absolute atomic E-state index is 12.0. The van der Waals surface area contributed by atoms with Crippen molar-refractivity contribution in [2.24, 2.45) is 0 Å². The molecule has 102 valence electrons. The van der Waals surface area contributed by atoms with Crippen LogP contribution in [0.5, 0.6) is 11.6 Å². The molecule has 1 aliphatic rings. The Balaban J connectivity index is 1.78. The highest BCUT2D eigenvalue weighted by Crippen LogP contribution is 2.21. The van der Waals surface area contributed by atoms with E-state index >= 15 is 0 Å². The first-order valence-corrected chi connectivity index (χ1v) is 6.30. The lowest BCUT2D eigenvalue weighted by Gasteiger charge is -2.22. The minimum absolute atomic E-state index is 0.137. The van der Waals surface area contributed by atoms with E-state index in [-0.39, 0.29) is 12.0 Å². The van der Waals surface area contributed by atoms with Crippen LogP contribution in [0.3, 0.4) is 0 Å². The van der Waals surface area contributed by atoms with E-state index in [2.05, 4.69) is 10.2 Å². The van der Waals surface area contributed by atoms with Gasteiger partial charge in [-0.25, -0.2) is 4.79 Å². The molecule has 6 heteroatoms. The summed E-state index contributed by atoms with van der Waals surface area (Å²) in [5, 5.41) is 17.4. The summed E-state index contributed by atoms with van der Waals surface area (Å²) in [6, 6.07) is 6.52. The van der Waals surface area contributed by atoms with Crippen LogP contribution < -0.4 is 4.74 Å². The van der Waals surface area contributed by atoms with Crippen molar-refractivity contribution >= 4 is 17.0 Å². The second-order valence-electron chi connectivity index (χ2n) is 4.50. The number of amides is 1. The van der Waals surface area contributed by atoms with Crippen LogP contribution in [-0.2, 0) is 0 Å². The molecule has 0 bridgehead atoms. The van der Waals surface area contributed by atoms with Crippen LogP contribution in [-0.4, -0.2) is 39.4 Å². The molecule has 1 amide bonds. The molecule has 0 saturated heterocycles. The molecule has 1 aromatic heterocycles. The molecule has 0 saturated carbocycles. The van der Waals surface area contributed by atoms with E-state index in [4.69, 9.17) is 4.74 Å². The van der Waals surface area contributed by atoms with Gasteiger partial charge in [0.1, 0.15) is 5.75 Å². The smallest absolute Gasteiger partial charge is 0.415 e. The summed E-state index contributed by atoms with van der Waals surface area (Å²) >= 11 is 0. The summed E-state index contributed by atoms with van der Waals surface area (Å²) in [7, 11) is 0. The molecule has 1 aromatic carbocycles. The number of aromatic nitrogens is 2. The first-order chi connectivity index (χ1) is 9.72. The van der Waals surface area contributed by atoms with Crippen LogP contribution in [0.25, 0.3) is 10.9 Å². The number of carbonyl (C=O) groups excluding carboxylic acids is 1. The number of carbonyl (C=O) groups is 1. The molecule has 0 aliphatic carbocycles. The number of hydrogen-bond donors (Lipinski definition) is 1. The third-order valence-corrected chi connectivity index (χ3v) is 3.07. The lowest BCUT2D eigenvalue weighted by Crippen LogP contribution is -2.35. The van der Waals surface area contributed by atoms with Gasteiger partial charge in [0.25, 0.3) is 0 Å². The Morgan fingerprint density at radius 2 is 2.15 bits per heavy atom. The van der Waals surface area contributed by atoms with E-state index in [1.165, 1.54) is 6.07 Å². The van der Waals surface area contributed by atoms with Gasteiger partial charge in [-0.3, -0.25) is 0 Å². The van der Waals surface area contributed by atoms with Crippen molar-refractivity contribution in [3.05, 3.63) is 36.4 Å². The van der Waals surface area contributed by atoms with E-state index in [0.29, 0.717) is 24.4 Å².